The van der Waals surface area contributed by atoms with Crippen LogP contribution < -0.4 is 0 Å². The van der Waals surface area contributed by atoms with Gasteiger partial charge in [-0.3, -0.25) is 0 Å². The second-order valence-corrected chi connectivity index (χ2v) is 2.80. The van der Waals surface area contributed by atoms with Crippen LogP contribution in [-0.4, -0.2) is 19.5 Å². The third-order valence-electron chi connectivity index (χ3n) is 2.16. The summed E-state index contributed by atoms with van der Waals surface area (Å²) in [7, 11) is 0. The SMILES string of the molecule is C1COC2OCC[C@@H]2C1. The van der Waals surface area contributed by atoms with Crippen molar-refractivity contribution in [2.24, 2.45) is 5.92 Å². The van der Waals surface area contributed by atoms with E-state index in [4.69, 9.17) is 9.47 Å². The minimum Gasteiger partial charge on any atom is -0.352 e. The smallest absolute Gasteiger partial charge is 0.160 e. The fourth-order valence-corrected chi connectivity index (χ4v) is 1.62. The Morgan fingerprint density at radius 1 is 1.00 bits per heavy atom. The Morgan fingerprint density at radius 3 is 2.78 bits per heavy atom. The van der Waals surface area contributed by atoms with Crippen LogP contribution in [0.15, 0.2) is 0 Å². The molecule has 2 fully saturated rings. The van der Waals surface area contributed by atoms with Crippen LogP contribution in [0.1, 0.15) is 19.3 Å². The van der Waals surface area contributed by atoms with E-state index in [-0.39, 0.29) is 6.29 Å². The molecule has 0 radical (unpaired) electrons. The van der Waals surface area contributed by atoms with Crippen molar-refractivity contribution in [2.75, 3.05) is 13.2 Å². The van der Waals surface area contributed by atoms with Crippen molar-refractivity contribution < 1.29 is 9.47 Å². The maximum atomic E-state index is 5.38. The molecule has 0 saturated carbocycles. The minimum absolute atomic E-state index is 0.166. The fourth-order valence-electron chi connectivity index (χ4n) is 1.62. The molecule has 2 aliphatic heterocycles. The summed E-state index contributed by atoms with van der Waals surface area (Å²) in [5.74, 6) is 0.721. The maximum absolute atomic E-state index is 5.38. The van der Waals surface area contributed by atoms with Crippen LogP contribution in [0.25, 0.3) is 0 Å². The van der Waals surface area contributed by atoms with Gasteiger partial charge >= 0.3 is 0 Å². The van der Waals surface area contributed by atoms with E-state index in [1.807, 2.05) is 0 Å². The molecule has 0 aromatic heterocycles. The molecule has 0 N–H and O–H groups in total. The van der Waals surface area contributed by atoms with Gasteiger partial charge in [-0.05, 0) is 19.3 Å². The molecule has 2 rings (SSSR count). The van der Waals surface area contributed by atoms with Gasteiger partial charge in [0.05, 0.1) is 6.61 Å². The van der Waals surface area contributed by atoms with E-state index >= 15 is 0 Å². The van der Waals surface area contributed by atoms with Gasteiger partial charge in [0.25, 0.3) is 0 Å². The molecule has 2 nitrogen and oxygen atoms in total. The van der Waals surface area contributed by atoms with E-state index in [1.54, 1.807) is 0 Å². The molecule has 0 spiro atoms. The standard InChI is InChI=1S/C7H12O2/c1-2-6-3-5-9-7(6)8-4-1/h6-7H,1-5H2/t6-,7?/m0/s1. The molecular formula is C7H12O2. The van der Waals surface area contributed by atoms with Gasteiger partial charge in [0.2, 0.25) is 0 Å². The average molecular weight is 128 g/mol. The highest BCUT2D eigenvalue weighted by atomic mass is 16.7. The second-order valence-electron chi connectivity index (χ2n) is 2.80. The molecule has 0 amide bonds. The molecule has 0 aliphatic carbocycles. The lowest BCUT2D eigenvalue weighted by Gasteiger charge is -2.23. The van der Waals surface area contributed by atoms with E-state index in [1.165, 1.54) is 19.3 Å². The number of hydrogen-bond acceptors (Lipinski definition) is 2. The number of ether oxygens (including phenoxy) is 2. The Morgan fingerprint density at radius 2 is 1.89 bits per heavy atom. The van der Waals surface area contributed by atoms with Gasteiger partial charge in [0.15, 0.2) is 6.29 Å². The number of rotatable bonds is 0. The Kier molecular flexibility index (Phi) is 1.44. The zero-order chi connectivity index (χ0) is 6.10. The first-order valence-corrected chi connectivity index (χ1v) is 3.70. The van der Waals surface area contributed by atoms with E-state index in [0.717, 1.165) is 19.1 Å². The van der Waals surface area contributed by atoms with Crippen LogP contribution in [0.5, 0.6) is 0 Å². The summed E-state index contributed by atoms with van der Waals surface area (Å²) in [6.45, 7) is 1.82. The predicted octanol–water partition coefficient (Wildman–Crippen LogP) is 1.16. The highest BCUT2D eigenvalue weighted by molar-refractivity contribution is 4.72. The fraction of sp³-hybridized carbons (Fsp3) is 1.00. The van der Waals surface area contributed by atoms with Gasteiger partial charge in [0, 0.05) is 12.5 Å². The van der Waals surface area contributed by atoms with Crippen molar-refractivity contribution in [3.05, 3.63) is 0 Å². The Balaban J connectivity index is 1.97. The molecular weight excluding hydrogens is 116 g/mol. The molecule has 2 heterocycles. The molecule has 2 saturated heterocycles. The van der Waals surface area contributed by atoms with E-state index in [9.17, 15) is 0 Å². The van der Waals surface area contributed by atoms with Crippen molar-refractivity contribution in [1.82, 2.24) is 0 Å². The van der Waals surface area contributed by atoms with Crippen molar-refractivity contribution in [1.29, 1.82) is 0 Å². The van der Waals surface area contributed by atoms with Gasteiger partial charge in [-0.15, -0.1) is 0 Å². The largest absolute Gasteiger partial charge is 0.352 e. The van der Waals surface area contributed by atoms with Gasteiger partial charge < -0.3 is 9.47 Å². The number of hydrogen-bond donors (Lipinski definition) is 0. The highest BCUT2D eigenvalue weighted by Gasteiger charge is 2.30. The summed E-state index contributed by atoms with van der Waals surface area (Å²) < 4.78 is 10.7. The summed E-state index contributed by atoms with van der Waals surface area (Å²) in [4.78, 5) is 0. The van der Waals surface area contributed by atoms with Crippen LogP contribution in [-0.2, 0) is 9.47 Å². The van der Waals surface area contributed by atoms with Gasteiger partial charge in [-0.2, -0.15) is 0 Å². The predicted molar refractivity (Wildman–Crippen MR) is 33.0 cm³/mol. The molecule has 2 heteroatoms. The lowest BCUT2D eigenvalue weighted by atomic mass is 10.00. The van der Waals surface area contributed by atoms with E-state index in [0.29, 0.717) is 0 Å². The van der Waals surface area contributed by atoms with Crippen LogP contribution in [0.4, 0.5) is 0 Å². The summed E-state index contributed by atoms with van der Waals surface area (Å²) in [6.07, 6.45) is 3.92. The van der Waals surface area contributed by atoms with Gasteiger partial charge in [0.1, 0.15) is 0 Å². The molecule has 0 aromatic carbocycles. The molecule has 9 heavy (non-hydrogen) atoms. The lowest BCUT2D eigenvalue weighted by molar-refractivity contribution is -0.150. The van der Waals surface area contributed by atoms with Crippen molar-refractivity contribution >= 4 is 0 Å². The van der Waals surface area contributed by atoms with Crippen LogP contribution in [0.2, 0.25) is 0 Å². The van der Waals surface area contributed by atoms with Crippen molar-refractivity contribution in [2.45, 2.75) is 25.6 Å². The minimum atomic E-state index is 0.166. The molecule has 2 atom stereocenters. The summed E-state index contributed by atoms with van der Waals surface area (Å²) >= 11 is 0. The molecule has 0 bridgehead atoms. The van der Waals surface area contributed by atoms with E-state index < -0.39 is 0 Å². The zero-order valence-electron chi connectivity index (χ0n) is 5.51. The number of fused-ring (bicyclic) bond motifs is 1. The summed E-state index contributed by atoms with van der Waals surface area (Å²) in [5.41, 5.74) is 0. The van der Waals surface area contributed by atoms with Crippen molar-refractivity contribution in [3.63, 3.8) is 0 Å². The zero-order valence-corrected chi connectivity index (χ0v) is 5.51. The van der Waals surface area contributed by atoms with Crippen LogP contribution in [0.3, 0.4) is 0 Å². The molecule has 52 valence electrons. The topological polar surface area (TPSA) is 18.5 Å². The quantitative estimate of drug-likeness (QED) is 0.487. The van der Waals surface area contributed by atoms with Gasteiger partial charge in [-0.1, -0.05) is 0 Å². The first-order valence-electron chi connectivity index (χ1n) is 3.70. The van der Waals surface area contributed by atoms with Gasteiger partial charge in [-0.25, -0.2) is 0 Å². The summed E-state index contributed by atoms with van der Waals surface area (Å²) in [5, 5.41) is 0. The summed E-state index contributed by atoms with van der Waals surface area (Å²) in [6, 6.07) is 0. The molecule has 1 unspecified atom stereocenters. The Labute approximate surface area is 55.1 Å². The van der Waals surface area contributed by atoms with Crippen molar-refractivity contribution in [3.8, 4) is 0 Å². The Hall–Kier alpha value is -0.0800. The molecule has 0 aromatic rings. The van der Waals surface area contributed by atoms with Crippen LogP contribution >= 0.6 is 0 Å². The Bertz CT molecular complexity index is 91.1. The lowest BCUT2D eigenvalue weighted by Crippen LogP contribution is -2.25. The highest BCUT2D eigenvalue weighted by Crippen LogP contribution is 2.29. The van der Waals surface area contributed by atoms with E-state index in [2.05, 4.69) is 0 Å². The average Bonchev–Trinajstić information content (AvgIpc) is 2.33. The maximum Gasteiger partial charge on any atom is 0.160 e. The third kappa shape index (κ3) is 0.970. The first-order chi connectivity index (χ1) is 4.47. The van der Waals surface area contributed by atoms with Crippen LogP contribution in [0, 0.1) is 5.92 Å². The first kappa shape index (κ1) is 5.69. The third-order valence-corrected chi connectivity index (χ3v) is 2.16. The molecule has 2 aliphatic rings. The monoisotopic (exact) mass is 128 g/mol. The normalized spacial score (nSPS) is 42.7. The second kappa shape index (κ2) is 2.27.